The molecule has 0 aromatic heterocycles. The van der Waals surface area contributed by atoms with Crippen LogP contribution in [0.15, 0.2) is 0 Å². The third kappa shape index (κ3) is 8.09. The van der Waals surface area contributed by atoms with Gasteiger partial charge in [0.2, 0.25) is 0 Å². The smallest absolute Gasteiger partial charge is 0.187 e. The quantitative estimate of drug-likeness (QED) is 0.0848. The zero-order valence-electron chi connectivity index (χ0n) is 22.6. The molecular formula is C23H42O19. The summed E-state index contributed by atoms with van der Waals surface area (Å²) in [4.78, 5) is 0. The van der Waals surface area contributed by atoms with Gasteiger partial charge in [-0.05, 0) is 6.92 Å². The van der Waals surface area contributed by atoms with E-state index in [4.69, 9.17) is 33.2 Å². The van der Waals surface area contributed by atoms with Crippen LogP contribution in [-0.4, -0.2) is 199 Å². The van der Waals surface area contributed by atoms with E-state index in [2.05, 4.69) is 0 Å². The van der Waals surface area contributed by atoms with Crippen molar-refractivity contribution >= 4 is 0 Å². The highest BCUT2D eigenvalue weighted by atomic mass is 16.7. The Labute approximate surface area is 239 Å². The molecule has 42 heavy (non-hydrogen) atoms. The van der Waals surface area contributed by atoms with Crippen molar-refractivity contribution in [2.75, 3.05) is 33.2 Å². The van der Waals surface area contributed by atoms with Crippen molar-refractivity contribution in [1.82, 2.24) is 0 Å². The highest BCUT2D eigenvalue weighted by Gasteiger charge is 2.47. The molecule has 3 fully saturated rings. The van der Waals surface area contributed by atoms with Gasteiger partial charge in [0.1, 0.15) is 86.1 Å². The average molecular weight is 623 g/mol. The standard InChI is InChI=1S/C23H42O19/c1-7-12(27)15(30)18(33)23(39-7)42-11(5-36-22-17(32)16(31)13(28)9(3-25)41-22)8(2-24)37-6-38-20-14(29)10(4-26)40-21(35)19(20)34/h7-35H,2-6H2,1H3/t7-,8+,9+,10+,11-,12+,13-,14-,15+,16-,17+,18-,19+,20-,21+,22+,23-/m0/s1. The third-order valence-electron chi connectivity index (χ3n) is 7.37. The van der Waals surface area contributed by atoms with Crippen LogP contribution >= 0.6 is 0 Å². The Hall–Kier alpha value is -0.760. The Morgan fingerprint density at radius 2 is 1.19 bits per heavy atom. The van der Waals surface area contributed by atoms with Crippen LogP contribution in [0.1, 0.15) is 6.92 Å². The van der Waals surface area contributed by atoms with Gasteiger partial charge in [0.15, 0.2) is 18.9 Å². The van der Waals surface area contributed by atoms with Gasteiger partial charge in [-0.3, -0.25) is 0 Å². The fourth-order valence-electron chi connectivity index (χ4n) is 4.67. The second-order valence-electron chi connectivity index (χ2n) is 10.3. The van der Waals surface area contributed by atoms with Crippen molar-refractivity contribution in [1.29, 1.82) is 0 Å². The number of ether oxygens (including phenoxy) is 7. The normalized spacial score (nSPS) is 46.4. The minimum Gasteiger partial charge on any atom is -0.394 e. The number of aliphatic hydroxyl groups excluding tert-OH is 12. The number of rotatable bonds is 13. The van der Waals surface area contributed by atoms with Crippen molar-refractivity contribution in [3.63, 3.8) is 0 Å². The van der Waals surface area contributed by atoms with E-state index < -0.39 is 138 Å². The molecule has 0 bridgehead atoms. The molecule has 0 aromatic rings. The summed E-state index contributed by atoms with van der Waals surface area (Å²) in [6.45, 7) is -2.28. The molecule has 0 amide bonds. The molecule has 12 N–H and O–H groups in total. The lowest BCUT2D eigenvalue weighted by atomic mass is 9.99. The molecule has 0 aromatic carbocycles. The molecule has 0 radical (unpaired) electrons. The first-order chi connectivity index (χ1) is 19.9. The first kappa shape index (κ1) is 35.7. The van der Waals surface area contributed by atoms with E-state index in [1.54, 1.807) is 0 Å². The van der Waals surface area contributed by atoms with Crippen LogP contribution in [0.25, 0.3) is 0 Å². The third-order valence-corrected chi connectivity index (χ3v) is 7.37. The maximum absolute atomic E-state index is 10.4. The first-order valence-corrected chi connectivity index (χ1v) is 13.3. The highest BCUT2D eigenvalue weighted by molar-refractivity contribution is 4.91. The molecule has 3 aliphatic heterocycles. The molecule has 17 atom stereocenters. The van der Waals surface area contributed by atoms with Crippen LogP contribution in [0.5, 0.6) is 0 Å². The second-order valence-corrected chi connectivity index (χ2v) is 10.3. The maximum Gasteiger partial charge on any atom is 0.187 e. The summed E-state index contributed by atoms with van der Waals surface area (Å²) in [5.41, 5.74) is 0. The van der Waals surface area contributed by atoms with Crippen LogP contribution < -0.4 is 0 Å². The minimum atomic E-state index is -1.80. The van der Waals surface area contributed by atoms with E-state index in [-0.39, 0.29) is 0 Å². The predicted octanol–water partition coefficient (Wildman–Crippen LogP) is -7.83. The monoisotopic (exact) mass is 622 g/mol. The van der Waals surface area contributed by atoms with E-state index in [0.29, 0.717) is 0 Å². The molecule has 0 aliphatic carbocycles. The Kier molecular flexibility index (Phi) is 13.6. The fourth-order valence-corrected chi connectivity index (χ4v) is 4.67. The van der Waals surface area contributed by atoms with Gasteiger partial charge in [-0.15, -0.1) is 0 Å². The van der Waals surface area contributed by atoms with Gasteiger partial charge in [-0.1, -0.05) is 0 Å². The fraction of sp³-hybridized carbons (Fsp3) is 1.00. The van der Waals surface area contributed by atoms with Gasteiger partial charge in [0.25, 0.3) is 0 Å². The summed E-state index contributed by atoms with van der Waals surface area (Å²) in [5, 5.41) is 120. The van der Waals surface area contributed by atoms with Gasteiger partial charge in [0, 0.05) is 0 Å². The molecule has 3 saturated heterocycles. The number of aliphatic hydroxyl groups is 12. The van der Waals surface area contributed by atoms with Gasteiger partial charge in [-0.2, -0.15) is 0 Å². The van der Waals surface area contributed by atoms with Crippen LogP contribution in [0.4, 0.5) is 0 Å². The summed E-state index contributed by atoms with van der Waals surface area (Å²) in [7, 11) is 0. The molecule has 0 unspecified atom stereocenters. The van der Waals surface area contributed by atoms with Crippen molar-refractivity contribution in [3.8, 4) is 0 Å². The molecule has 19 heteroatoms. The van der Waals surface area contributed by atoms with Gasteiger partial charge < -0.3 is 94.4 Å². The lowest BCUT2D eigenvalue weighted by Gasteiger charge is -2.42. The first-order valence-electron chi connectivity index (χ1n) is 13.3. The summed E-state index contributed by atoms with van der Waals surface area (Å²) in [6.07, 6.45) is -26.5. The van der Waals surface area contributed by atoms with Crippen molar-refractivity contribution in [2.24, 2.45) is 0 Å². The summed E-state index contributed by atoms with van der Waals surface area (Å²) in [5.74, 6) is 0. The van der Waals surface area contributed by atoms with E-state index in [1.165, 1.54) is 6.92 Å². The Bertz CT molecular complexity index is 793. The molecule has 3 aliphatic rings. The molecular weight excluding hydrogens is 580 g/mol. The SMILES string of the molecule is C[C@@H]1O[C@@H](O[C@@H](CO[C@@H]2O[C@H](CO)[C@H](O)[C@H](O)[C@H]2O)[C@@H](CO)OCO[C@@H]2[C@@H](O)[C@H](O)O[C@H](CO)[C@@H]2O)[C@@H](O)[C@H](O)[C@@H]1O. The Morgan fingerprint density at radius 3 is 1.81 bits per heavy atom. The average Bonchev–Trinajstić information content (AvgIpc) is 2.98. The largest absolute Gasteiger partial charge is 0.394 e. The van der Waals surface area contributed by atoms with E-state index in [1.807, 2.05) is 0 Å². The van der Waals surface area contributed by atoms with Crippen LogP contribution in [0, 0.1) is 0 Å². The molecule has 3 rings (SSSR count). The maximum atomic E-state index is 10.4. The van der Waals surface area contributed by atoms with Crippen LogP contribution in [0.2, 0.25) is 0 Å². The molecule has 0 saturated carbocycles. The molecule has 248 valence electrons. The Morgan fingerprint density at radius 1 is 0.595 bits per heavy atom. The van der Waals surface area contributed by atoms with E-state index in [0.717, 1.165) is 0 Å². The number of hydrogen-bond donors (Lipinski definition) is 12. The highest BCUT2D eigenvalue weighted by Crippen LogP contribution is 2.27. The lowest BCUT2D eigenvalue weighted by molar-refractivity contribution is -0.337. The molecule has 3 heterocycles. The van der Waals surface area contributed by atoms with E-state index >= 15 is 0 Å². The van der Waals surface area contributed by atoms with Gasteiger partial charge >= 0.3 is 0 Å². The number of hydrogen-bond acceptors (Lipinski definition) is 19. The summed E-state index contributed by atoms with van der Waals surface area (Å²) >= 11 is 0. The summed E-state index contributed by atoms with van der Waals surface area (Å²) in [6, 6.07) is 0. The van der Waals surface area contributed by atoms with Crippen molar-refractivity contribution < 1.29 is 94.4 Å². The topological polar surface area (TPSA) is 307 Å². The van der Waals surface area contributed by atoms with Gasteiger partial charge in [0.05, 0.1) is 32.5 Å². The zero-order valence-corrected chi connectivity index (χ0v) is 22.6. The van der Waals surface area contributed by atoms with Crippen molar-refractivity contribution in [2.45, 2.75) is 111 Å². The van der Waals surface area contributed by atoms with Crippen molar-refractivity contribution in [3.05, 3.63) is 0 Å². The van der Waals surface area contributed by atoms with Crippen LogP contribution in [0.3, 0.4) is 0 Å². The second kappa shape index (κ2) is 16.0. The van der Waals surface area contributed by atoms with Crippen LogP contribution in [-0.2, 0) is 33.2 Å². The zero-order chi connectivity index (χ0) is 31.3. The lowest BCUT2D eigenvalue weighted by Crippen LogP contribution is -2.60. The predicted molar refractivity (Wildman–Crippen MR) is 129 cm³/mol. The molecule has 19 nitrogen and oxygen atoms in total. The van der Waals surface area contributed by atoms with E-state index in [9.17, 15) is 61.3 Å². The molecule has 0 spiro atoms. The Balaban J connectivity index is 1.72. The van der Waals surface area contributed by atoms with Gasteiger partial charge in [-0.25, -0.2) is 0 Å². The summed E-state index contributed by atoms with van der Waals surface area (Å²) < 4.78 is 37.6. The minimum absolute atomic E-state index is 0.638.